The molecule has 0 aliphatic carbocycles. The topological polar surface area (TPSA) is 77.2 Å². The second-order valence-corrected chi connectivity index (χ2v) is 17.9. The van der Waals surface area contributed by atoms with Gasteiger partial charge < -0.3 is 13.7 Å². The monoisotopic (exact) mass is 905 g/mol. The number of para-hydroxylation sites is 4. The molecular weight excluding hydrogens is 867 g/mol. The molecule has 7 nitrogen and oxygen atoms in total. The molecule has 0 spiro atoms. The van der Waals surface area contributed by atoms with Crippen molar-refractivity contribution in [3.8, 4) is 68.4 Å². The summed E-state index contributed by atoms with van der Waals surface area (Å²) in [6.07, 6.45) is 0. The molecule has 0 aliphatic heterocycles. The minimum absolute atomic E-state index is 0.515. The van der Waals surface area contributed by atoms with Crippen LogP contribution < -0.4 is 0 Å². The molecule has 0 bridgehead atoms. The fourth-order valence-electron chi connectivity index (χ4n) is 10.8. The molecule has 4 aromatic heterocycles. The normalized spacial score (nSPS) is 11.6. The molecular formula is C64H39N7. The SMILES string of the molecule is N#Cc1ccccc1-c1cc(-n2c3ccc(-n4c5ccccc5c5ccccc54)cc3c3cc(-n4c5ccccc5c5ccccc54)ccc32)ccc1-c1nc(-c2ccccc2)nc(-c2ccccc2)n1. The van der Waals surface area contributed by atoms with Crippen LogP contribution in [0.2, 0.25) is 0 Å². The summed E-state index contributed by atoms with van der Waals surface area (Å²) in [5.41, 5.74) is 14.6. The molecule has 14 aromatic rings. The van der Waals surface area contributed by atoms with Crippen LogP contribution in [0.1, 0.15) is 5.56 Å². The zero-order valence-corrected chi connectivity index (χ0v) is 38.1. The van der Waals surface area contributed by atoms with E-state index in [1.165, 1.54) is 21.5 Å². The summed E-state index contributed by atoms with van der Waals surface area (Å²) >= 11 is 0. The molecule has 330 valence electrons. The van der Waals surface area contributed by atoms with Crippen LogP contribution in [0.4, 0.5) is 0 Å². The fourth-order valence-corrected chi connectivity index (χ4v) is 10.8. The number of aromatic nitrogens is 6. The van der Waals surface area contributed by atoms with Crippen LogP contribution in [0, 0.1) is 11.3 Å². The van der Waals surface area contributed by atoms with Crippen LogP contribution >= 0.6 is 0 Å². The smallest absolute Gasteiger partial charge is 0.164 e. The Morgan fingerprint density at radius 1 is 0.282 bits per heavy atom. The Morgan fingerprint density at radius 2 is 0.648 bits per heavy atom. The first-order valence-corrected chi connectivity index (χ1v) is 23.7. The zero-order valence-electron chi connectivity index (χ0n) is 38.1. The summed E-state index contributed by atoms with van der Waals surface area (Å²) in [6.45, 7) is 0. The molecule has 4 heterocycles. The van der Waals surface area contributed by atoms with Gasteiger partial charge in [-0.3, -0.25) is 0 Å². The Morgan fingerprint density at radius 3 is 1.11 bits per heavy atom. The zero-order chi connectivity index (χ0) is 47.0. The lowest BCUT2D eigenvalue weighted by Crippen LogP contribution is -2.02. The van der Waals surface area contributed by atoms with Gasteiger partial charge in [-0.05, 0) is 90.5 Å². The fraction of sp³-hybridized carbons (Fsp3) is 0. The highest BCUT2D eigenvalue weighted by Gasteiger charge is 2.22. The van der Waals surface area contributed by atoms with E-state index < -0.39 is 0 Å². The highest BCUT2D eigenvalue weighted by molar-refractivity contribution is 6.14. The second kappa shape index (κ2) is 16.1. The maximum Gasteiger partial charge on any atom is 0.164 e. The third-order valence-electron chi connectivity index (χ3n) is 13.9. The van der Waals surface area contributed by atoms with E-state index in [0.29, 0.717) is 23.0 Å². The van der Waals surface area contributed by atoms with Gasteiger partial charge in [0.15, 0.2) is 17.5 Å². The van der Waals surface area contributed by atoms with Gasteiger partial charge in [0.25, 0.3) is 0 Å². The Labute approximate surface area is 408 Å². The van der Waals surface area contributed by atoms with E-state index in [9.17, 15) is 5.26 Å². The van der Waals surface area contributed by atoms with Gasteiger partial charge in [-0.15, -0.1) is 0 Å². The number of fused-ring (bicyclic) bond motifs is 9. The van der Waals surface area contributed by atoms with Crippen molar-refractivity contribution in [2.24, 2.45) is 0 Å². The van der Waals surface area contributed by atoms with Crippen LogP contribution in [0.15, 0.2) is 237 Å². The first kappa shape index (κ1) is 40.2. The van der Waals surface area contributed by atoms with E-state index in [1.807, 2.05) is 84.9 Å². The van der Waals surface area contributed by atoms with E-state index in [4.69, 9.17) is 15.0 Å². The maximum atomic E-state index is 10.6. The lowest BCUT2D eigenvalue weighted by atomic mass is 9.94. The first-order chi connectivity index (χ1) is 35.2. The van der Waals surface area contributed by atoms with Gasteiger partial charge in [0.05, 0.1) is 44.7 Å². The van der Waals surface area contributed by atoms with E-state index in [0.717, 1.165) is 88.8 Å². The number of hydrogen-bond donors (Lipinski definition) is 0. The van der Waals surface area contributed by atoms with Crippen molar-refractivity contribution >= 4 is 65.4 Å². The number of nitriles is 1. The predicted molar refractivity (Wildman–Crippen MR) is 289 cm³/mol. The van der Waals surface area contributed by atoms with Gasteiger partial charge in [-0.2, -0.15) is 5.26 Å². The summed E-state index contributed by atoms with van der Waals surface area (Å²) in [4.78, 5) is 15.3. The molecule has 14 rings (SSSR count). The van der Waals surface area contributed by atoms with Crippen molar-refractivity contribution in [1.82, 2.24) is 28.7 Å². The average Bonchev–Trinajstić information content (AvgIpc) is 4.08. The largest absolute Gasteiger partial charge is 0.309 e. The molecule has 0 N–H and O–H groups in total. The highest BCUT2D eigenvalue weighted by atomic mass is 15.0. The molecule has 0 atom stereocenters. The van der Waals surface area contributed by atoms with E-state index >= 15 is 0 Å². The molecule has 0 amide bonds. The van der Waals surface area contributed by atoms with Crippen LogP contribution in [-0.4, -0.2) is 28.7 Å². The number of nitrogens with zero attached hydrogens (tertiary/aromatic N) is 7. The van der Waals surface area contributed by atoms with Crippen molar-refractivity contribution in [2.75, 3.05) is 0 Å². The summed E-state index contributed by atoms with van der Waals surface area (Å²) in [5.74, 6) is 1.65. The molecule has 0 saturated heterocycles. The summed E-state index contributed by atoms with van der Waals surface area (Å²) in [5, 5.41) is 17.7. The predicted octanol–water partition coefficient (Wildman–Crippen LogP) is 15.7. The van der Waals surface area contributed by atoms with Crippen molar-refractivity contribution in [3.63, 3.8) is 0 Å². The van der Waals surface area contributed by atoms with Crippen molar-refractivity contribution < 1.29 is 0 Å². The quantitative estimate of drug-likeness (QED) is 0.160. The molecule has 0 radical (unpaired) electrons. The number of rotatable bonds is 7. The molecule has 0 unspecified atom stereocenters. The van der Waals surface area contributed by atoms with Gasteiger partial charge >= 0.3 is 0 Å². The average molecular weight is 906 g/mol. The molecule has 0 fully saturated rings. The molecule has 7 heteroatoms. The molecule has 10 aromatic carbocycles. The van der Waals surface area contributed by atoms with Crippen molar-refractivity contribution in [1.29, 1.82) is 5.26 Å². The Balaban J connectivity index is 1.04. The summed E-state index contributed by atoms with van der Waals surface area (Å²) < 4.78 is 7.13. The van der Waals surface area contributed by atoms with Gasteiger partial charge in [-0.25, -0.2) is 15.0 Å². The van der Waals surface area contributed by atoms with E-state index in [2.05, 4.69) is 171 Å². The lowest BCUT2D eigenvalue weighted by molar-refractivity contribution is 1.07. The van der Waals surface area contributed by atoms with Crippen LogP contribution in [-0.2, 0) is 0 Å². The van der Waals surface area contributed by atoms with Gasteiger partial charge in [0, 0.05) is 71.6 Å². The first-order valence-electron chi connectivity index (χ1n) is 23.7. The van der Waals surface area contributed by atoms with Crippen LogP contribution in [0.5, 0.6) is 0 Å². The third kappa shape index (κ3) is 6.40. The maximum absolute atomic E-state index is 10.6. The van der Waals surface area contributed by atoms with Gasteiger partial charge in [0.2, 0.25) is 0 Å². The van der Waals surface area contributed by atoms with E-state index in [1.54, 1.807) is 0 Å². The minimum atomic E-state index is 0.515. The molecule has 0 aliphatic rings. The molecule has 0 saturated carbocycles. The lowest BCUT2D eigenvalue weighted by Gasteiger charge is -2.16. The van der Waals surface area contributed by atoms with E-state index in [-0.39, 0.29) is 0 Å². The summed E-state index contributed by atoms with van der Waals surface area (Å²) in [6, 6.07) is 85.1. The highest BCUT2D eigenvalue weighted by Crippen LogP contribution is 2.42. The third-order valence-corrected chi connectivity index (χ3v) is 13.9. The van der Waals surface area contributed by atoms with Crippen molar-refractivity contribution in [2.45, 2.75) is 0 Å². The molecule has 71 heavy (non-hydrogen) atoms. The van der Waals surface area contributed by atoms with Crippen LogP contribution in [0.3, 0.4) is 0 Å². The summed E-state index contributed by atoms with van der Waals surface area (Å²) in [7, 11) is 0. The van der Waals surface area contributed by atoms with Crippen LogP contribution in [0.25, 0.3) is 128 Å². The second-order valence-electron chi connectivity index (χ2n) is 17.9. The standard InChI is InChI=1S/C64H39N7/c65-40-43-21-7-8-22-47(43)53-37-44(31-34-52(53)64-67-62(41-17-3-1-4-18-41)66-63(68-64)42-19-5-2-6-20-42)71-60-35-32-45(69-56-27-13-9-23-48(56)49-24-10-14-28-57(49)69)38-54(60)55-39-46(33-36-61(55)71)70-58-29-15-11-25-50(58)51-26-12-16-30-59(51)70/h1-39H. The Bertz CT molecular complexity index is 4140. The van der Waals surface area contributed by atoms with Gasteiger partial charge in [0.1, 0.15) is 0 Å². The Hall–Kier alpha value is -9.90. The van der Waals surface area contributed by atoms with Crippen molar-refractivity contribution in [3.05, 3.63) is 242 Å². The number of benzene rings is 10. The minimum Gasteiger partial charge on any atom is -0.309 e. The van der Waals surface area contributed by atoms with Gasteiger partial charge in [-0.1, -0.05) is 152 Å². The number of hydrogen-bond acceptors (Lipinski definition) is 4. The Kier molecular flexibility index (Phi) is 9.13.